The number of nitrogens with one attached hydrogen (secondary N) is 1. The van der Waals surface area contributed by atoms with E-state index in [-0.39, 0.29) is 51.0 Å². The second-order valence-corrected chi connectivity index (χ2v) is 14.1. The third-order valence-corrected chi connectivity index (χ3v) is 10.3. The van der Waals surface area contributed by atoms with Gasteiger partial charge in [-0.05, 0) is 53.6 Å². The van der Waals surface area contributed by atoms with Gasteiger partial charge in [-0.1, -0.05) is 96.2 Å². The molecule has 2 saturated heterocycles. The number of urea groups is 1. The summed E-state index contributed by atoms with van der Waals surface area (Å²) < 4.78 is 1.73. The molecule has 56 heavy (non-hydrogen) atoms. The summed E-state index contributed by atoms with van der Waals surface area (Å²) in [7, 11) is 1.42. The normalized spacial score (nSPS) is 17.3. The maximum Gasteiger partial charge on any atom is 0.334 e. The van der Waals surface area contributed by atoms with Crippen molar-refractivity contribution in [1.29, 1.82) is 0 Å². The fourth-order valence-corrected chi connectivity index (χ4v) is 7.55. The minimum absolute atomic E-state index is 0.0631. The number of piperazine rings is 1. The van der Waals surface area contributed by atoms with Gasteiger partial charge >= 0.3 is 6.03 Å². The Bertz CT molecular complexity index is 2310. The molecule has 14 heteroatoms. The van der Waals surface area contributed by atoms with Crippen molar-refractivity contribution < 1.29 is 14.4 Å². The van der Waals surface area contributed by atoms with E-state index in [0.29, 0.717) is 17.9 Å². The predicted octanol–water partition coefficient (Wildman–Crippen LogP) is 4.56. The number of nitrogens with zero attached hydrogens (tertiary/aromatic N) is 9. The van der Waals surface area contributed by atoms with E-state index >= 15 is 0 Å². The number of carbonyl (C=O) groups is 3. The first-order chi connectivity index (χ1) is 27.3. The van der Waals surface area contributed by atoms with Gasteiger partial charge in [0.2, 0.25) is 11.8 Å². The summed E-state index contributed by atoms with van der Waals surface area (Å²) >= 11 is 0. The molecule has 2 fully saturated rings. The summed E-state index contributed by atoms with van der Waals surface area (Å²) in [5, 5.41) is 28.8. The molecular weight excluding hydrogens is 709 g/mol. The van der Waals surface area contributed by atoms with Crippen molar-refractivity contribution >= 4 is 34.4 Å². The van der Waals surface area contributed by atoms with Gasteiger partial charge in [0, 0.05) is 36.8 Å². The molecule has 284 valence electrons. The zero-order chi connectivity index (χ0) is 38.6. The van der Waals surface area contributed by atoms with Crippen molar-refractivity contribution in [2.45, 2.75) is 44.8 Å². The van der Waals surface area contributed by atoms with E-state index in [1.54, 1.807) is 55.0 Å². The number of aromatic nitrogens is 4. The van der Waals surface area contributed by atoms with E-state index in [1.165, 1.54) is 7.05 Å². The van der Waals surface area contributed by atoms with Crippen LogP contribution in [-0.2, 0) is 42.2 Å². The van der Waals surface area contributed by atoms with Crippen LogP contribution in [-0.4, -0.2) is 90.0 Å². The van der Waals surface area contributed by atoms with Crippen LogP contribution in [0.1, 0.15) is 27.9 Å². The smallest absolute Gasteiger partial charge is 0.334 e. The van der Waals surface area contributed by atoms with Crippen molar-refractivity contribution in [2.75, 3.05) is 25.2 Å². The average Bonchev–Trinajstić information content (AvgIpc) is 3.65. The van der Waals surface area contributed by atoms with Gasteiger partial charge in [-0.2, -0.15) is 5.01 Å². The minimum Gasteiger partial charge on any atom is -0.758 e. The lowest BCUT2D eigenvalue weighted by molar-refractivity contribution is -0.192. The summed E-state index contributed by atoms with van der Waals surface area (Å²) in [4.78, 5) is 51.4. The predicted molar refractivity (Wildman–Crippen MR) is 210 cm³/mol. The molecule has 1 N–H and O–H groups in total. The average molecular weight is 750 g/mol. The highest BCUT2D eigenvalue weighted by Crippen LogP contribution is 2.31. The molecule has 4 heterocycles. The van der Waals surface area contributed by atoms with Crippen molar-refractivity contribution in [3.63, 3.8) is 0 Å². The third-order valence-electron chi connectivity index (χ3n) is 10.3. The Morgan fingerprint density at radius 2 is 1.59 bits per heavy atom. The Kier molecular flexibility index (Phi) is 10.4. The van der Waals surface area contributed by atoms with Gasteiger partial charge in [0.15, 0.2) is 0 Å². The molecule has 0 radical (unpaired) electrons. The Hall–Kier alpha value is -6.64. The highest BCUT2D eigenvalue weighted by Gasteiger charge is 2.51. The Balaban J connectivity index is 1.15. The lowest BCUT2D eigenvalue weighted by Crippen LogP contribution is -2.76. The van der Waals surface area contributed by atoms with Crippen LogP contribution in [0.2, 0.25) is 0 Å². The van der Waals surface area contributed by atoms with Gasteiger partial charge < -0.3 is 25.4 Å². The topological polar surface area (TPSA) is 146 Å². The Morgan fingerprint density at radius 3 is 2.34 bits per heavy atom. The second kappa shape index (κ2) is 16.0. The highest BCUT2D eigenvalue weighted by molar-refractivity contribution is 5.92. The number of hydrogen-bond donors (Lipinski definition) is 1. The van der Waals surface area contributed by atoms with Crippen LogP contribution in [0.3, 0.4) is 0 Å². The van der Waals surface area contributed by atoms with E-state index in [9.17, 15) is 19.6 Å². The van der Waals surface area contributed by atoms with Crippen molar-refractivity contribution in [3.8, 4) is 0 Å². The van der Waals surface area contributed by atoms with Crippen LogP contribution in [0.5, 0.6) is 0 Å². The SMILES string of the molecule is CN([O-])c1ccc(C[C@H]2C(=O)N(Cc3cccc4ncccc34)CC3N2C(=O)CN(Cc2cn(Cc4ccccc4)nn2)N3C(=O)NCc2ccccc2)cc1. The molecule has 1 unspecified atom stereocenters. The first-order valence-corrected chi connectivity index (χ1v) is 18.5. The molecule has 6 aromatic rings. The molecule has 2 aliphatic rings. The molecule has 8 rings (SSSR count). The summed E-state index contributed by atoms with van der Waals surface area (Å²) in [5.74, 6) is -0.524. The number of amides is 4. The summed E-state index contributed by atoms with van der Waals surface area (Å²) in [6.07, 6.45) is 2.89. The number of benzene rings is 4. The first-order valence-electron chi connectivity index (χ1n) is 18.5. The molecule has 2 aromatic heterocycles. The molecule has 0 saturated carbocycles. The van der Waals surface area contributed by atoms with Crippen molar-refractivity contribution in [2.24, 2.45) is 0 Å². The van der Waals surface area contributed by atoms with Crippen LogP contribution in [0.4, 0.5) is 10.5 Å². The molecule has 0 bridgehead atoms. The number of pyridine rings is 1. The van der Waals surface area contributed by atoms with Gasteiger partial charge in [0.25, 0.3) is 0 Å². The lowest BCUT2D eigenvalue weighted by atomic mass is 9.97. The number of hydrazine groups is 1. The van der Waals surface area contributed by atoms with Gasteiger partial charge in [-0.25, -0.2) is 14.5 Å². The fourth-order valence-electron chi connectivity index (χ4n) is 7.55. The second-order valence-electron chi connectivity index (χ2n) is 14.1. The third kappa shape index (κ3) is 7.78. The van der Waals surface area contributed by atoms with Crippen molar-refractivity contribution in [1.82, 2.24) is 45.1 Å². The molecular formula is C42H41N10O4-. The molecule has 0 spiro atoms. The minimum atomic E-state index is -0.927. The Labute approximate surface area is 324 Å². The van der Waals surface area contributed by atoms with E-state index < -0.39 is 18.2 Å². The van der Waals surface area contributed by atoms with E-state index in [2.05, 4.69) is 20.6 Å². The number of fused-ring (bicyclic) bond motifs is 2. The zero-order valence-corrected chi connectivity index (χ0v) is 30.9. The molecule has 4 aromatic carbocycles. The van der Waals surface area contributed by atoms with Crippen LogP contribution in [0.15, 0.2) is 128 Å². The number of hydrogen-bond acceptors (Lipinski definition) is 9. The maximum atomic E-state index is 14.7. The van der Waals surface area contributed by atoms with E-state index in [4.69, 9.17) is 0 Å². The fraction of sp³-hybridized carbons (Fsp3) is 0.238. The highest BCUT2D eigenvalue weighted by atomic mass is 16.5. The maximum absolute atomic E-state index is 14.7. The molecule has 0 aliphatic carbocycles. The van der Waals surface area contributed by atoms with Gasteiger partial charge in [0.05, 0.1) is 43.6 Å². The van der Waals surface area contributed by atoms with Crippen LogP contribution >= 0.6 is 0 Å². The Morgan fingerprint density at radius 1 is 0.839 bits per heavy atom. The summed E-state index contributed by atoms with van der Waals surface area (Å²) in [6, 6.07) is 34.8. The van der Waals surface area contributed by atoms with Gasteiger partial charge in [-0.15, -0.1) is 5.10 Å². The van der Waals surface area contributed by atoms with Crippen LogP contribution in [0.25, 0.3) is 10.9 Å². The first kappa shape index (κ1) is 36.3. The van der Waals surface area contributed by atoms with Gasteiger partial charge in [0.1, 0.15) is 12.2 Å². The van der Waals surface area contributed by atoms with E-state index in [1.807, 2.05) is 97.2 Å². The van der Waals surface area contributed by atoms with Gasteiger partial charge in [-0.3, -0.25) is 14.6 Å². The number of hydroxylamine groups is 1. The molecule has 14 nitrogen and oxygen atoms in total. The lowest BCUT2D eigenvalue weighted by Gasteiger charge is -2.55. The van der Waals surface area contributed by atoms with Crippen molar-refractivity contribution in [3.05, 3.63) is 161 Å². The van der Waals surface area contributed by atoms with E-state index in [0.717, 1.165) is 38.2 Å². The number of anilines is 1. The summed E-state index contributed by atoms with van der Waals surface area (Å²) in [6.45, 7) is 1.03. The number of rotatable bonds is 11. The molecule has 2 atom stereocenters. The quantitative estimate of drug-likeness (QED) is 0.189. The largest absolute Gasteiger partial charge is 0.758 e. The number of carbonyl (C=O) groups excluding carboxylic acids is 3. The zero-order valence-electron chi connectivity index (χ0n) is 30.9. The monoisotopic (exact) mass is 749 g/mol. The molecule has 2 aliphatic heterocycles. The summed E-state index contributed by atoms with van der Waals surface area (Å²) in [5.41, 5.74) is 5.50. The van der Waals surface area contributed by atoms with Crippen LogP contribution < -0.4 is 10.4 Å². The standard InChI is InChI=1S/C42H41N10O4/c1-47(56)35-19-17-30(18-20-35)22-38-41(54)48(25-33-14-8-16-37-36(33)15-9-21-43-37)28-39-51(38)40(53)29-50(52(39)42(55)44-23-31-10-4-2-5-11-31)27-34-26-49(46-45-34)24-32-12-6-3-7-13-32/h2-21,26,38-39H,22-25,27-29H2,1H3,(H,44,55)/q-1/t38-,39?/m0/s1. The van der Waals surface area contributed by atoms with Crippen LogP contribution in [0, 0.1) is 5.21 Å². The molecule has 4 amide bonds.